The van der Waals surface area contributed by atoms with E-state index in [2.05, 4.69) is 12.1 Å². The molecule has 1 unspecified atom stereocenters. The number of esters is 1. The summed E-state index contributed by atoms with van der Waals surface area (Å²) in [5.74, 6) is -0.520. The lowest BCUT2D eigenvalue weighted by Gasteiger charge is -2.27. The van der Waals surface area contributed by atoms with Crippen molar-refractivity contribution in [3.05, 3.63) is 70.3 Å². The van der Waals surface area contributed by atoms with E-state index >= 15 is 0 Å². The van der Waals surface area contributed by atoms with Crippen LogP contribution >= 0.6 is 0 Å². The molecule has 0 saturated heterocycles. The molecular formula is C22H27NO3. The molecule has 4 nitrogen and oxygen atoms in total. The Morgan fingerprint density at radius 1 is 1.04 bits per heavy atom. The smallest absolute Gasteiger partial charge is 0.333 e. The largest absolute Gasteiger partial charge is 0.464 e. The predicted molar refractivity (Wildman–Crippen MR) is 103 cm³/mol. The van der Waals surface area contributed by atoms with Gasteiger partial charge in [-0.25, -0.2) is 4.79 Å². The van der Waals surface area contributed by atoms with Crippen LogP contribution in [-0.2, 0) is 20.7 Å². The molecule has 0 spiro atoms. The Morgan fingerprint density at radius 2 is 1.62 bits per heavy atom. The van der Waals surface area contributed by atoms with Crippen molar-refractivity contribution in [3.63, 3.8) is 0 Å². The van der Waals surface area contributed by atoms with Crippen LogP contribution in [0.1, 0.15) is 40.8 Å². The topological polar surface area (TPSA) is 46.6 Å². The summed E-state index contributed by atoms with van der Waals surface area (Å²) in [5.41, 5.74) is 5.13. The lowest BCUT2D eigenvalue weighted by Crippen LogP contribution is -2.38. The SMILES string of the molecule is CCOC(=O)C(c1ccccc1)N(C)C(=O)Cc1c(C)cc(C)cc1C. The van der Waals surface area contributed by atoms with Gasteiger partial charge in [-0.2, -0.15) is 0 Å². The van der Waals surface area contributed by atoms with E-state index in [9.17, 15) is 9.59 Å². The first-order valence-electron chi connectivity index (χ1n) is 8.89. The number of hydrogen-bond donors (Lipinski definition) is 0. The number of hydrogen-bond acceptors (Lipinski definition) is 3. The summed E-state index contributed by atoms with van der Waals surface area (Å²) >= 11 is 0. The molecule has 1 atom stereocenters. The van der Waals surface area contributed by atoms with E-state index < -0.39 is 12.0 Å². The molecule has 2 rings (SSSR count). The zero-order chi connectivity index (χ0) is 19.3. The summed E-state index contributed by atoms with van der Waals surface area (Å²) in [6, 6.07) is 12.7. The van der Waals surface area contributed by atoms with Gasteiger partial charge in [-0.15, -0.1) is 0 Å². The van der Waals surface area contributed by atoms with Gasteiger partial charge in [0.05, 0.1) is 13.0 Å². The standard InChI is InChI=1S/C22H27NO3/c1-6-26-22(25)21(18-10-8-7-9-11-18)23(5)20(24)14-19-16(3)12-15(2)13-17(19)4/h7-13,21H,6,14H2,1-5H3. The molecule has 26 heavy (non-hydrogen) atoms. The molecule has 0 fully saturated rings. The van der Waals surface area contributed by atoms with Crippen molar-refractivity contribution in [2.75, 3.05) is 13.7 Å². The molecule has 0 N–H and O–H groups in total. The van der Waals surface area contributed by atoms with Crippen LogP contribution in [0.3, 0.4) is 0 Å². The highest BCUT2D eigenvalue weighted by atomic mass is 16.5. The first kappa shape index (κ1) is 19.7. The Labute approximate surface area is 155 Å². The molecule has 4 heteroatoms. The number of carbonyl (C=O) groups excluding carboxylic acids is 2. The molecule has 0 saturated carbocycles. The molecule has 0 heterocycles. The zero-order valence-corrected chi connectivity index (χ0v) is 16.2. The molecule has 2 aromatic rings. The van der Waals surface area contributed by atoms with Gasteiger partial charge in [0.1, 0.15) is 0 Å². The van der Waals surface area contributed by atoms with Crippen LogP contribution in [-0.4, -0.2) is 30.4 Å². The fraction of sp³-hybridized carbons (Fsp3) is 0.364. The van der Waals surface area contributed by atoms with Gasteiger partial charge in [-0.1, -0.05) is 48.0 Å². The first-order valence-corrected chi connectivity index (χ1v) is 8.89. The van der Waals surface area contributed by atoms with Crippen molar-refractivity contribution in [1.82, 2.24) is 4.90 Å². The maximum absolute atomic E-state index is 12.9. The zero-order valence-electron chi connectivity index (χ0n) is 16.2. The Morgan fingerprint density at radius 3 is 2.15 bits per heavy atom. The van der Waals surface area contributed by atoms with Gasteiger partial charge < -0.3 is 9.64 Å². The average molecular weight is 353 g/mol. The second kappa shape index (κ2) is 8.65. The van der Waals surface area contributed by atoms with Crippen molar-refractivity contribution < 1.29 is 14.3 Å². The maximum Gasteiger partial charge on any atom is 0.333 e. The third-order valence-corrected chi connectivity index (χ3v) is 4.57. The Bertz CT molecular complexity index is 760. The number of benzene rings is 2. The molecule has 0 aliphatic rings. The second-order valence-corrected chi connectivity index (χ2v) is 6.62. The number of aryl methyl sites for hydroxylation is 3. The van der Waals surface area contributed by atoms with Gasteiger partial charge in [-0.3, -0.25) is 4.79 Å². The van der Waals surface area contributed by atoms with Gasteiger partial charge in [0.25, 0.3) is 0 Å². The third kappa shape index (κ3) is 4.51. The van der Waals surface area contributed by atoms with Crippen molar-refractivity contribution >= 4 is 11.9 Å². The fourth-order valence-corrected chi connectivity index (χ4v) is 3.28. The van der Waals surface area contributed by atoms with E-state index in [0.29, 0.717) is 0 Å². The van der Waals surface area contributed by atoms with E-state index in [1.165, 1.54) is 10.5 Å². The quantitative estimate of drug-likeness (QED) is 0.740. The summed E-state index contributed by atoms with van der Waals surface area (Å²) in [4.78, 5) is 26.9. The molecule has 0 aliphatic carbocycles. The van der Waals surface area contributed by atoms with Crippen molar-refractivity contribution in [1.29, 1.82) is 0 Å². The summed E-state index contributed by atoms with van der Waals surface area (Å²) in [5, 5.41) is 0. The molecule has 138 valence electrons. The van der Waals surface area contributed by atoms with E-state index in [-0.39, 0.29) is 18.9 Å². The van der Waals surface area contributed by atoms with E-state index in [4.69, 9.17) is 4.74 Å². The average Bonchev–Trinajstić information content (AvgIpc) is 2.59. The highest BCUT2D eigenvalue weighted by molar-refractivity contribution is 5.86. The van der Waals surface area contributed by atoms with E-state index in [0.717, 1.165) is 22.3 Å². The summed E-state index contributed by atoms with van der Waals surface area (Å²) in [7, 11) is 1.66. The van der Waals surface area contributed by atoms with Crippen molar-refractivity contribution in [3.8, 4) is 0 Å². The Kier molecular flexibility index (Phi) is 6.56. The monoisotopic (exact) mass is 353 g/mol. The number of carbonyl (C=O) groups is 2. The van der Waals surface area contributed by atoms with Gasteiger partial charge in [0.15, 0.2) is 6.04 Å². The van der Waals surface area contributed by atoms with E-state index in [1.807, 2.05) is 51.1 Å². The first-order chi connectivity index (χ1) is 12.3. The minimum Gasteiger partial charge on any atom is -0.464 e. The molecule has 0 radical (unpaired) electrons. The predicted octanol–water partition coefficient (Wildman–Crippen LogP) is 3.92. The number of rotatable bonds is 6. The Balaban J connectivity index is 2.29. The maximum atomic E-state index is 12.9. The van der Waals surface area contributed by atoms with Crippen LogP contribution < -0.4 is 0 Å². The van der Waals surface area contributed by atoms with Crippen molar-refractivity contribution in [2.24, 2.45) is 0 Å². The molecule has 0 aliphatic heterocycles. The van der Waals surface area contributed by atoms with E-state index in [1.54, 1.807) is 14.0 Å². The van der Waals surface area contributed by atoms with Crippen LogP contribution in [0.4, 0.5) is 0 Å². The summed E-state index contributed by atoms with van der Waals surface area (Å²) in [6.45, 7) is 8.12. The highest BCUT2D eigenvalue weighted by Gasteiger charge is 2.30. The van der Waals surface area contributed by atoms with Crippen LogP contribution in [0, 0.1) is 20.8 Å². The summed E-state index contributed by atoms with van der Waals surface area (Å²) < 4.78 is 5.21. The minimum absolute atomic E-state index is 0.109. The second-order valence-electron chi connectivity index (χ2n) is 6.62. The van der Waals surface area contributed by atoms with Crippen LogP contribution in [0.15, 0.2) is 42.5 Å². The lowest BCUT2D eigenvalue weighted by atomic mass is 9.96. The van der Waals surface area contributed by atoms with Gasteiger partial charge in [0, 0.05) is 7.05 Å². The summed E-state index contributed by atoms with van der Waals surface area (Å²) in [6.07, 6.45) is 0.261. The molecular weight excluding hydrogens is 326 g/mol. The molecule has 2 aromatic carbocycles. The lowest BCUT2D eigenvalue weighted by molar-refractivity contribution is -0.154. The minimum atomic E-state index is -0.741. The molecule has 0 aromatic heterocycles. The molecule has 1 amide bonds. The van der Waals surface area contributed by atoms with Crippen LogP contribution in [0.2, 0.25) is 0 Å². The highest BCUT2D eigenvalue weighted by Crippen LogP contribution is 2.24. The number of likely N-dealkylation sites (N-methyl/N-ethyl adjacent to an activating group) is 1. The number of nitrogens with zero attached hydrogens (tertiary/aromatic N) is 1. The fourth-order valence-electron chi connectivity index (χ4n) is 3.28. The van der Waals surface area contributed by atoms with Crippen LogP contribution in [0.25, 0.3) is 0 Å². The van der Waals surface area contributed by atoms with Crippen molar-refractivity contribution in [2.45, 2.75) is 40.2 Å². The van der Waals surface area contributed by atoms with Crippen LogP contribution in [0.5, 0.6) is 0 Å². The van der Waals surface area contributed by atoms with Gasteiger partial charge >= 0.3 is 5.97 Å². The number of ether oxygens (including phenoxy) is 1. The van der Waals surface area contributed by atoms with Gasteiger partial charge in [0.2, 0.25) is 5.91 Å². The molecule has 0 bridgehead atoms. The normalized spacial score (nSPS) is 11.7. The third-order valence-electron chi connectivity index (χ3n) is 4.57. The van der Waals surface area contributed by atoms with Gasteiger partial charge in [-0.05, 0) is 49.9 Å². The Hall–Kier alpha value is -2.62. The number of amides is 1.